The van der Waals surface area contributed by atoms with E-state index in [1.807, 2.05) is 0 Å². The standard InChI is InChI=1S/C48H89NO13/c1-3-5-7-9-11-12-13-14-15-16-17-18-19-20-21-22-23-24-26-28-30-32-40(53)49-36(37(52)31-29-27-25-10-8-6-4-2)35-59-47-45(58)43(56)46(39(34-51)61-47)62-48-44(57)42(55)41(54)38(33-50)60-48/h13-14,16-17,36-39,41-48,50-52,54-58H,3-12,15,18-35H2,1-2H3,(H,49,53)/b14-13-,17-16-. The molecule has 0 aliphatic carbocycles. The summed E-state index contributed by atoms with van der Waals surface area (Å²) in [5, 5.41) is 86.5. The van der Waals surface area contributed by atoms with E-state index in [-0.39, 0.29) is 12.5 Å². The molecule has 0 spiro atoms. The predicted molar refractivity (Wildman–Crippen MR) is 240 cm³/mol. The van der Waals surface area contributed by atoms with Crippen LogP contribution >= 0.6 is 0 Å². The van der Waals surface area contributed by atoms with Gasteiger partial charge in [-0.1, -0.05) is 154 Å². The van der Waals surface area contributed by atoms with Crippen molar-refractivity contribution in [1.82, 2.24) is 5.32 Å². The van der Waals surface area contributed by atoms with Gasteiger partial charge in [-0.15, -0.1) is 0 Å². The average Bonchev–Trinajstić information content (AvgIpc) is 3.27. The molecule has 0 aromatic heterocycles. The Hall–Kier alpha value is -1.53. The van der Waals surface area contributed by atoms with E-state index in [1.54, 1.807) is 0 Å². The molecule has 0 aromatic rings. The van der Waals surface area contributed by atoms with E-state index in [1.165, 1.54) is 83.5 Å². The molecule has 1 amide bonds. The number of rotatable bonds is 37. The molecule has 2 aliphatic rings. The number of carbonyl (C=O) groups excluding carboxylic acids is 1. The molecule has 0 bridgehead atoms. The van der Waals surface area contributed by atoms with Gasteiger partial charge in [0.15, 0.2) is 12.6 Å². The summed E-state index contributed by atoms with van der Waals surface area (Å²) in [6.45, 7) is 2.77. The molecule has 0 radical (unpaired) electrons. The Morgan fingerprint density at radius 3 is 1.61 bits per heavy atom. The van der Waals surface area contributed by atoms with Gasteiger partial charge in [0.1, 0.15) is 48.8 Å². The zero-order valence-electron chi connectivity index (χ0n) is 38.4. The van der Waals surface area contributed by atoms with Crippen LogP contribution in [-0.2, 0) is 23.7 Å². The molecular weight excluding hydrogens is 799 g/mol. The summed E-state index contributed by atoms with van der Waals surface area (Å²) in [7, 11) is 0. The van der Waals surface area contributed by atoms with Crippen molar-refractivity contribution in [2.45, 2.75) is 254 Å². The number of nitrogens with one attached hydrogen (secondary N) is 1. The summed E-state index contributed by atoms with van der Waals surface area (Å²) in [6, 6.07) is -0.826. The number of hydrogen-bond acceptors (Lipinski definition) is 13. The first-order valence-corrected chi connectivity index (χ1v) is 24.6. The Morgan fingerprint density at radius 2 is 1.06 bits per heavy atom. The third-order valence-corrected chi connectivity index (χ3v) is 12.2. The number of ether oxygens (including phenoxy) is 4. The zero-order chi connectivity index (χ0) is 45.4. The third kappa shape index (κ3) is 23.1. The fourth-order valence-corrected chi connectivity index (χ4v) is 8.09. The smallest absolute Gasteiger partial charge is 0.220 e. The van der Waals surface area contributed by atoms with Gasteiger partial charge in [0, 0.05) is 6.42 Å². The first-order valence-electron chi connectivity index (χ1n) is 24.6. The molecule has 9 N–H and O–H groups in total. The molecule has 2 heterocycles. The normalized spacial score (nSPS) is 27.9. The zero-order valence-corrected chi connectivity index (χ0v) is 38.4. The molecule has 2 fully saturated rings. The van der Waals surface area contributed by atoms with Gasteiger partial charge < -0.3 is 65.1 Å². The SMILES string of the molecule is CCCCCCC/C=C\C/C=C\CCCCCCCCCCCC(=O)NC(COC1OC(CO)C(OC2OC(CO)C(O)C(O)C2O)C(O)C1O)C(O)CCCCCCCCC. The van der Waals surface area contributed by atoms with E-state index in [9.17, 15) is 45.6 Å². The summed E-state index contributed by atoms with van der Waals surface area (Å²) < 4.78 is 22.6. The second-order valence-electron chi connectivity index (χ2n) is 17.6. The molecule has 2 rings (SSSR count). The highest BCUT2D eigenvalue weighted by Crippen LogP contribution is 2.30. The second kappa shape index (κ2) is 35.7. The minimum atomic E-state index is -1.78. The van der Waals surface area contributed by atoms with Crippen molar-refractivity contribution in [3.8, 4) is 0 Å². The van der Waals surface area contributed by atoms with E-state index >= 15 is 0 Å². The Bertz CT molecular complexity index is 1140. The molecule has 62 heavy (non-hydrogen) atoms. The number of carbonyl (C=O) groups is 1. The number of allylic oxidation sites excluding steroid dienone is 4. The number of aliphatic hydroxyl groups excluding tert-OH is 8. The van der Waals surface area contributed by atoms with E-state index in [4.69, 9.17) is 18.9 Å². The lowest BCUT2D eigenvalue weighted by Gasteiger charge is -2.46. The molecular formula is C48H89NO13. The molecule has 0 saturated carbocycles. The lowest BCUT2D eigenvalue weighted by atomic mass is 9.97. The maximum Gasteiger partial charge on any atom is 0.220 e. The van der Waals surface area contributed by atoms with Crippen molar-refractivity contribution < 1.29 is 64.6 Å². The number of aliphatic hydroxyl groups is 8. The molecule has 12 atom stereocenters. The second-order valence-corrected chi connectivity index (χ2v) is 17.6. The van der Waals surface area contributed by atoms with Crippen molar-refractivity contribution in [1.29, 1.82) is 0 Å². The Balaban J connectivity index is 1.75. The van der Waals surface area contributed by atoms with Gasteiger partial charge in [-0.25, -0.2) is 0 Å². The molecule has 2 aliphatic heterocycles. The maximum absolute atomic E-state index is 13.1. The number of hydrogen-bond donors (Lipinski definition) is 9. The first-order chi connectivity index (χ1) is 30.1. The van der Waals surface area contributed by atoms with Crippen LogP contribution in [0.2, 0.25) is 0 Å². The summed E-state index contributed by atoms with van der Waals surface area (Å²) in [6.07, 6.45) is 20.7. The van der Waals surface area contributed by atoms with Gasteiger partial charge in [-0.05, 0) is 44.9 Å². The fourth-order valence-electron chi connectivity index (χ4n) is 8.09. The van der Waals surface area contributed by atoms with Gasteiger partial charge in [-0.2, -0.15) is 0 Å². The third-order valence-electron chi connectivity index (χ3n) is 12.2. The summed E-state index contributed by atoms with van der Waals surface area (Å²) in [5.41, 5.74) is 0. The van der Waals surface area contributed by atoms with Crippen molar-refractivity contribution in [3.05, 3.63) is 24.3 Å². The molecule has 14 nitrogen and oxygen atoms in total. The minimum absolute atomic E-state index is 0.216. The van der Waals surface area contributed by atoms with Gasteiger partial charge in [0.2, 0.25) is 5.91 Å². The van der Waals surface area contributed by atoms with Crippen LogP contribution in [0.25, 0.3) is 0 Å². The lowest BCUT2D eigenvalue weighted by Crippen LogP contribution is -2.65. The van der Waals surface area contributed by atoms with Crippen LogP contribution in [0, 0.1) is 0 Å². The monoisotopic (exact) mass is 888 g/mol. The van der Waals surface area contributed by atoms with Gasteiger partial charge >= 0.3 is 0 Å². The minimum Gasteiger partial charge on any atom is -0.394 e. The van der Waals surface area contributed by atoms with Crippen LogP contribution in [-0.4, -0.2) is 140 Å². The van der Waals surface area contributed by atoms with Gasteiger partial charge in [-0.3, -0.25) is 4.79 Å². The van der Waals surface area contributed by atoms with Crippen LogP contribution in [0.5, 0.6) is 0 Å². The predicted octanol–water partition coefficient (Wildman–Crippen LogP) is 5.77. The Kier molecular flexibility index (Phi) is 32.6. The Morgan fingerprint density at radius 1 is 0.581 bits per heavy atom. The van der Waals surface area contributed by atoms with Crippen molar-refractivity contribution in [2.24, 2.45) is 0 Å². The van der Waals surface area contributed by atoms with Crippen LogP contribution < -0.4 is 5.32 Å². The largest absolute Gasteiger partial charge is 0.394 e. The quantitative estimate of drug-likeness (QED) is 0.0267. The average molecular weight is 888 g/mol. The molecule has 12 unspecified atom stereocenters. The van der Waals surface area contributed by atoms with Gasteiger partial charge in [0.25, 0.3) is 0 Å². The highest BCUT2D eigenvalue weighted by molar-refractivity contribution is 5.76. The number of unbranched alkanes of at least 4 members (excludes halogenated alkanes) is 20. The Labute approximate surface area is 373 Å². The highest BCUT2D eigenvalue weighted by Gasteiger charge is 2.51. The fraction of sp³-hybridized carbons (Fsp3) is 0.896. The van der Waals surface area contributed by atoms with Crippen LogP contribution in [0.1, 0.15) is 181 Å². The van der Waals surface area contributed by atoms with E-state index < -0.39 is 86.8 Å². The van der Waals surface area contributed by atoms with Crippen LogP contribution in [0.15, 0.2) is 24.3 Å². The lowest BCUT2D eigenvalue weighted by molar-refractivity contribution is -0.359. The van der Waals surface area contributed by atoms with E-state index in [0.717, 1.165) is 70.6 Å². The van der Waals surface area contributed by atoms with Crippen molar-refractivity contribution in [3.63, 3.8) is 0 Å². The maximum atomic E-state index is 13.1. The van der Waals surface area contributed by atoms with Crippen LogP contribution in [0.4, 0.5) is 0 Å². The summed E-state index contributed by atoms with van der Waals surface area (Å²) in [5.74, 6) is -0.216. The highest BCUT2D eigenvalue weighted by atomic mass is 16.7. The first kappa shape index (κ1) is 56.6. The summed E-state index contributed by atoms with van der Waals surface area (Å²) >= 11 is 0. The molecule has 0 aromatic carbocycles. The number of amides is 1. The van der Waals surface area contributed by atoms with Crippen molar-refractivity contribution in [2.75, 3.05) is 19.8 Å². The molecule has 14 heteroatoms. The van der Waals surface area contributed by atoms with Gasteiger partial charge in [0.05, 0.1) is 32.0 Å². The van der Waals surface area contributed by atoms with E-state index in [0.29, 0.717) is 12.8 Å². The summed E-state index contributed by atoms with van der Waals surface area (Å²) in [4.78, 5) is 13.1. The topological polar surface area (TPSA) is 228 Å². The van der Waals surface area contributed by atoms with Crippen molar-refractivity contribution >= 4 is 5.91 Å². The molecule has 364 valence electrons. The van der Waals surface area contributed by atoms with Crippen LogP contribution in [0.3, 0.4) is 0 Å². The molecule has 2 saturated heterocycles. The van der Waals surface area contributed by atoms with E-state index in [2.05, 4.69) is 43.5 Å².